The third kappa shape index (κ3) is 5.63. The van der Waals surface area contributed by atoms with Crippen molar-refractivity contribution in [3.8, 4) is 11.5 Å². The molecule has 0 aliphatic rings. The minimum atomic E-state index is -0.157. The third-order valence-corrected chi connectivity index (χ3v) is 3.11. The Hall–Kier alpha value is -1.75. The van der Waals surface area contributed by atoms with E-state index in [1.54, 1.807) is 12.1 Å². The first-order chi connectivity index (χ1) is 9.97. The summed E-state index contributed by atoms with van der Waals surface area (Å²) in [6, 6.07) is 5.24. The monoisotopic (exact) mass is 294 g/mol. The summed E-state index contributed by atoms with van der Waals surface area (Å²) in [7, 11) is 0. The molecule has 0 fully saturated rings. The molecule has 0 spiro atoms. The fourth-order valence-electron chi connectivity index (χ4n) is 1.80. The second-order valence-corrected chi connectivity index (χ2v) is 5.18. The average molecular weight is 294 g/mol. The van der Waals surface area contributed by atoms with Crippen LogP contribution in [0.4, 0.5) is 5.69 Å². The number of carbonyl (C=O) groups excluding carboxylic acids is 1. The maximum atomic E-state index is 12.1. The Balaban J connectivity index is 2.82. The maximum absolute atomic E-state index is 12.1. The first-order valence-electron chi connectivity index (χ1n) is 7.43. The van der Waals surface area contributed by atoms with E-state index in [1.165, 1.54) is 0 Å². The van der Waals surface area contributed by atoms with Gasteiger partial charge in [-0.25, -0.2) is 0 Å². The maximum Gasteiger partial charge on any atom is 0.226 e. The van der Waals surface area contributed by atoms with Crippen LogP contribution in [0.1, 0.15) is 34.1 Å². The molecule has 1 amide bonds. The van der Waals surface area contributed by atoms with Crippen LogP contribution in [-0.4, -0.2) is 25.2 Å². The molecule has 0 aliphatic carbocycles. The minimum absolute atomic E-state index is 0.120. The lowest BCUT2D eigenvalue weighted by molar-refractivity contribution is -0.116. The van der Waals surface area contributed by atoms with Crippen molar-refractivity contribution in [3.05, 3.63) is 18.2 Å². The molecular weight excluding hydrogens is 268 g/mol. The van der Waals surface area contributed by atoms with Crippen molar-refractivity contribution < 1.29 is 14.3 Å². The summed E-state index contributed by atoms with van der Waals surface area (Å²) in [6.07, 6.45) is 0.280. The number of anilines is 1. The van der Waals surface area contributed by atoms with Crippen LogP contribution in [-0.2, 0) is 4.79 Å². The van der Waals surface area contributed by atoms with Gasteiger partial charge in [-0.05, 0) is 31.9 Å². The number of hydrogen-bond acceptors (Lipinski definition) is 4. The standard InChI is InChI=1S/C16H26N2O3/c1-5-20-12-7-8-15(21-6-2)14(9-12)18-16(19)10-13(17)11(3)4/h7-9,11,13H,5-6,10,17H2,1-4H3,(H,18,19). The molecule has 0 radical (unpaired) electrons. The van der Waals surface area contributed by atoms with Crippen molar-refractivity contribution >= 4 is 11.6 Å². The van der Waals surface area contributed by atoms with Gasteiger partial charge in [-0.3, -0.25) is 4.79 Å². The lowest BCUT2D eigenvalue weighted by Crippen LogP contribution is -2.31. The van der Waals surface area contributed by atoms with E-state index in [-0.39, 0.29) is 24.3 Å². The number of hydrogen-bond donors (Lipinski definition) is 2. The number of amides is 1. The van der Waals surface area contributed by atoms with Crippen molar-refractivity contribution in [2.24, 2.45) is 11.7 Å². The van der Waals surface area contributed by atoms with E-state index in [2.05, 4.69) is 5.32 Å². The van der Waals surface area contributed by atoms with Gasteiger partial charge in [0.05, 0.1) is 18.9 Å². The zero-order valence-corrected chi connectivity index (χ0v) is 13.3. The number of nitrogens with one attached hydrogen (secondary N) is 1. The van der Waals surface area contributed by atoms with E-state index < -0.39 is 0 Å². The molecule has 21 heavy (non-hydrogen) atoms. The highest BCUT2D eigenvalue weighted by molar-refractivity contribution is 5.92. The molecule has 0 saturated carbocycles. The van der Waals surface area contributed by atoms with Crippen LogP contribution in [0.3, 0.4) is 0 Å². The van der Waals surface area contributed by atoms with E-state index in [0.717, 1.165) is 0 Å². The van der Waals surface area contributed by atoms with Crippen LogP contribution in [0.15, 0.2) is 18.2 Å². The van der Waals surface area contributed by atoms with Gasteiger partial charge in [-0.2, -0.15) is 0 Å². The van der Waals surface area contributed by atoms with Gasteiger partial charge in [0.2, 0.25) is 5.91 Å². The first kappa shape index (κ1) is 17.3. The van der Waals surface area contributed by atoms with Crippen LogP contribution < -0.4 is 20.5 Å². The van der Waals surface area contributed by atoms with Gasteiger partial charge in [-0.15, -0.1) is 0 Å². The molecule has 5 heteroatoms. The van der Waals surface area contributed by atoms with E-state index in [9.17, 15) is 4.79 Å². The Morgan fingerprint density at radius 2 is 1.90 bits per heavy atom. The fourth-order valence-corrected chi connectivity index (χ4v) is 1.80. The van der Waals surface area contributed by atoms with Crippen molar-refractivity contribution in [2.75, 3.05) is 18.5 Å². The van der Waals surface area contributed by atoms with Crippen LogP contribution in [0.2, 0.25) is 0 Å². The van der Waals surface area contributed by atoms with Crippen molar-refractivity contribution in [2.45, 2.75) is 40.2 Å². The van der Waals surface area contributed by atoms with Crippen molar-refractivity contribution in [3.63, 3.8) is 0 Å². The van der Waals surface area contributed by atoms with Crippen LogP contribution >= 0.6 is 0 Å². The first-order valence-corrected chi connectivity index (χ1v) is 7.43. The minimum Gasteiger partial charge on any atom is -0.494 e. The summed E-state index contributed by atoms with van der Waals surface area (Å²) < 4.78 is 11.0. The predicted octanol–water partition coefficient (Wildman–Crippen LogP) is 2.80. The highest BCUT2D eigenvalue weighted by Crippen LogP contribution is 2.29. The van der Waals surface area contributed by atoms with Crippen LogP contribution in [0, 0.1) is 5.92 Å². The predicted molar refractivity (Wildman–Crippen MR) is 84.8 cm³/mol. The number of ether oxygens (including phenoxy) is 2. The largest absolute Gasteiger partial charge is 0.494 e. The Morgan fingerprint density at radius 1 is 1.24 bits per heavy atom. The van der Waals surface area contributed by atoms with Gasteiger partial charge in [0, 0.05) is 18.5 Å². The Morgan fingerprint density at radius 3 is 2.48 bits per heavy atom. The van der Waals surface area contributed by atoms with E-state index >= 15 is 0 Å². The van der Waals surface area contributed by atoms with Gasteiger partial charge in [-0.1, -0.05) is 13.8 Å². The van der Waals surface area contributed by atoms with Crippen LogP contribution in [0.5, 0.6) is 11.5 Å². The highest BCUT2D eigenvalue weighted by Gasteiger charge is 2.15. The summed E-state index contributed by atoms with van der Waals surface area (Å²) in [5.74, 6) is 1.47. The number of carbonyl (C=O) groups is 1. The molecule has 0 bridgehead atoms. The zero-order valence-electron chi connectivity index (χ0n) is 13.3. The molecule has 0 aliphatic heterocycles. The summed E-state index contributed by atoms with van der Waals surface area (Å²) in [4.78, 5) is 12.1. The quantitative estimate of drug-likeness (QED) is 0.773. The number of benzene rings is 1. The Bertz CT molecular complexity index is 461. The number of nitrogens with two attached hydrogens (primary N) is 1. The summed E-state index contributed by atoms with van der Waals surface area (Å²) in [5, 5.41) is 2.86. The normalized spacial score (nSPS) is 12.1. The molecule has 3 N–H and O–H groups in total. The molecule has 0 aromatic heterocycles. The number of rotatable bonds is 8. The van der Waals surface area contributed by atoms with Gasteiger partial charge >= 0.3 is 0 Å². The summed E-state index contributed by atoms with van der Waals surface area (Å²) in [5.41, 5.74) is 6.54. The molecular formula is C16H26N2O3. The molecule has 1 aromatic rings. The molecule has 1 aromatic carbocycles. The Kier molecular flexibility index (Phi) is 7.02. The molecule has 0 saturated heterocycles. The second-order valence-electron chi connectivity index (χ2n) is 5.18. The van der Waals surface area contributed by atoms with Crippen molar-refractivity contribution in [1.29, 1.82) is 0 Å². The van der Waals surface area contributed by atoms with Gasteiger partial charge in [0.15, 0.2) is 0 Å². The molecule has 1 rings (SSSR count). The Labute approximate surface area is 126 Å². The van der Waals surface area contributed by atoms with E-state index in [0.29, 0.717) is 30.4 Å². The summed E-state index contributed by atoms with van der Waals surface area (Å²) in [6.45, 7) is 8.91. The topological polar surface area (TPSA) is 73.6 Å². The van der Waals surface area contributed by atoms with Gasteiger partial charge in [0.1, 0.15) is 11.5 Å². The molecule has 118 valence electrons. The van der Waals surface area contributed by atoms with E-state index in [4.69, 9.17) is 15.2 Å². The highest BCUT2D eigenvalue weighted by atomic mass is 16.5. The SMILES string of the molecule is CCOc1ccc(OCC)c(NC(=O)CC(N)C(C)C)c1. The van der Waals surface area contributed by atoms with Gasteiger partial charge in [0.25, 0.3) is 0 Å². The van der Waals surface area contributed by atoms with Gasteiger partial charge < -0.3 is 20.5 Å². The average Bonchev–Trinajstić information content (AvgIpc) is 2.42. The summed E-state index contributed by atoms with van der Waals surface area (Å²) >= 11 is 0. The van der Waals surface area contributed by atoms with Crippen molar-refractivity contribution in [1.82, 2.24) is 0 Å². The second kappa shape index (κ2) is 8.52. The molecule has 1 unspecified atom stereocenters. The lowest BCUT2D eigenvalue weighted by atomic mass is 10.0. The lowest BCUT2D eigenvalue weighted by Gasteiger charge is -2.17. The fraction of sp³-hybridized carbons (Fsp3) is 0.562. The van der Waals surface area contributed by atoms with E-state index in [1.807, 2.05) is 33.8 Å². The zero-order chi connectivity index (χ0) is 15.8. The molecule has 1 atom stereocenters. The molecule has 5 nitrogen and oxygen atoms in total. The molecule has 0 heterocycles. The van der Waals surface area contributed by atoms with Crippen LogP contribution in [0.25, 0.3) is 0 Å². The third-order valence-electron chi connectivity index (χ3n) is 3.11. The smallest absolute Gasteiger partial charge is 0.226 e.